The van der Waals surface area contributed by atoms with Crippen molar-refractivity contribution in [3.63, 3.8) is 0 Å². The molecule has 0 N–H and O–H groups in total. The Bertz CT molecular complexity index is 327. The lowest BCUT2D eigenvalue weighted by Gasteiger charge is -2.31. The molecule has 1 unspecified atom stereocenters. The van der Waals surface area contributed by atoms with Crippen molar-refractivity contribution in [1.29, 1.82) is 0 Å². The van der Waals surface area contributed by atoms with E-state index >= 15 is 0 Å². The average Bonchev–Trinajstić information content (AvgIpc) is 2.15. The highest BCUT2D eigenvalue weighted by atomic mass is 19.4. The third-order valence-corrected chi connectivity index (χ3v) is 1.43. The maximum atomic E-state index is 12.9. The van der Waals surface area contributed by atoms with Gasteiger partial charge in [-0.3, -0.25) is 0 Å². The summed E-state index contributed by atoms with van der Waals surface area (Å²) < 4.78 is 111. The average molecular weight is 274 g/mol. The van der Waals surface area contributed by atoms with Gasteiger partial charge in [-0.25, -0.2) is 0 Å². The molecule has 10 heteroatoms. The van der Waals surface area contributed by atoms with Crippen molar-refractivity contribution >= 4 is 0 Å². The van der Waals surface area contributed by atoms with Crippen molar-refractivity contribution in [3.8, 4) is 0 Å². The predicted octanol–water partition coefficient (Wildman–Crippen LogP) is 4.09. The fourth-order valence-corrected chi connectivity index (χ4v) is 0.608. The van der Waals surface area contributed by atoms with E-state index in [0.29, 0.717) is 0 Å². The summed E-state index contributed by atoms with van der Waals surface area (Å²) in [7, 11) is 0. The van der Waals surface area contributed by atoms with Crippen LogP contribution in [0.4, 0.5) is 39.5 Å². The highest BCUT2D eigenvalue weighted by Gasteiger charge is 2.73. The van der Waals surface area contributed by atoms with Gasteiger partial charge in [0.25, 0.3) is 0 Å². The van der Waals surface area contributed by atoms with E-state index in [2.05, 4.69) is 11.3 Å². The van der Waals surface area contributed by atoms with Gasteiger partial charge < -0.3 is 4.74 Å². The third kappa shape index (κ3) is 2.86. The zero-order valence-electron chi connectivity index (χ0n) is 7.59. The van der Waals surface area contributed by atoms with Gasteiger partial charge in [-0.05, 0) is 6.08 Å². The molecular weight excluding hydrogens is 271 g/mol. The Morgan fingerprint density at radius 2 is 1.35 bits per heavy atom. The Balaban J connectivity index is 5.60. The van der Waals surface area contributed by atoms with Gasteiger partial charge >= 0.3 is 30.0 Å². The molecule has 0 aromatic carbocycles. The van der Waals surface area contributed by atoms with Crippen LogP contribution in [0.5, 0.6) is 0 Å². The normalized spacial score (nSPS) is 16.1. The van der Waals surface area contributed by atoms with Crippen molar-refractivity contribution in [1.82, 2.24) is 0 Å². The molecule has 0 bridgehead atoms. The van der Waals surface area contributed by atoms with E-state index in [1.165, 1.54) is 0 Å². The van der Waals surface area contributed by atoms with Crippen molar-refractivity contribution in [3.05, 3.63) is 24.7 Å². The van der Waals surface area contributed by atoms with E-state index in [-0.39, 0.29) is 0 Å². The molecule has 0 aliphatic heterocycles. The van der Waals surface area contributed by atoms with Gasteiger partial charge in [0.15, 0.2) is 0 Å². The van der Waals surface area contributed by atoms with Gasteiger partial charge in [-0.2, -0.15) is 39.5 Å². The second-order valence-corrected chi connectivity index (χ2v) is 2.56. The van der Waals surface area contributed by atoms with Crippen LogP contribution in [0.2, 0.25) is 0 Å². The second kappa shape index (κ2) is 4.49. The molecule has 1 nitrogen and oxygen atoms in total. The summed E-state index contributed by atoms with van der Waals surface area (Å²) >= 11 is 0. The minimum absolute atomic E-state index is 0.843. The Kier molecular flexibility index (Phi) is 4.14. The molecule has 0 heterocycles. The van der Waals surface area contributed by atoms with E-state index in [0.717, 1.165) is 0 Å². The molecule has 0 aliphatic rings. The third-order valence-electron chi connectivity index (χ3n) is 1.43. The van der Waals surface area contributed by atoms with Crippen LogP contribution in [0.15, 0.2) is 24.7 Å². The van der Waals surface area contributed by atoms with Gasteiger partial charge in [0, 0.05) is 0 Å². The molecule has 0 amide bonds. The van der Waals surface area contributed by atoms with Crippen molar-refractivity contribution in [2.24, 2.45) is 0 Å². The number of hydrogen-bond donors (Lipinski definition) is 0. The summed E-state index contributed by atoms with van der Waals surface area (Å²) in [4.78, 5) is 0. The first kappa shape index (κ1) is 15.7. The summed E-state index contributed by atoms with van der Waals surface area (Å²) in [6.45, 7) is 2.17. The minimum Gasteiger partial charge on any atom is -0.416 e. The molecule has 0 aliphatic carbocycles. The topological polar surface area (TPSA) is 9.23 Å². The monoisotopic (exact) mass is 274 g/mol. The molecule has 0 saturated carbocycles. The fraction of sp³-hybridized carbons (Fsp3) is 0.429. The van der Waals surface area contributed by atoms with Gasteiger partial charge in [-0.15, -0.1) is 0 Å². The first-order valence-electron chi connectivity index (χ1n) is 3.56. The van der Waals surface area contributed by atoms with Crippen LogP contribution in [0, 0.1) is 0 Å². The van der Waals surface area contributed by atoms with Gasteiger partial charge in [0.05, 0.1) is 0 Å². The molecule has 1 atom stereocenters. The Morgan fingerprint density at radius 1 is 0.941 bits per heavy atom. The van der Waals surface area contributed by atoms with E-state index < -0.39 is 36.1 Å². The van der Waals surface area contributed by atoms with Crippen LogP contribution in [-0.2, 0) is 4.74 Å². The van der Waals surface area contributed by atoms with Crippen molar-refractivity contribution < 1.29 is 44.3 Å². The minimum atomic E-state index is -6.46. The van der Waals surface area contributed by atoms with Gasteiger partial charge in [0.2, 0.25) is 0 Å². The smallest absolute Gasteiger partial charge is 0.416 e. The fourth-order valence-electron chi connectivity index (χ4n) is 0.608. The van der Waals surface area contributed by atoms with Crippen LogP contribution >= 0.6 is 0 Å². The van der Waals surface area contributed by atoms with Crippen LogP contribution in [-0.4, -0.2) is 18.0 Å². The van der Waals surface area contributed by atoms with Crippen molar-refractivity contribution in [2.75, 3.05) is 0 Å². The SMILES string of the molecule is C=CC(F)(F)C(F)(OC(F)=C(F)F)C(F)(F)F. The standard InChI is InChI=1S/C7H3F9O/c1-2-5(11,12)6(13,7(14,15)16)17-4(10)3(8)9/h2H,1H2. The van der Waals surface area contributed by atoms with Crippen LogP contribution in [0.25, 0.3) is 0 Å². The first-order valence-corrected chi connectivity index (χ1v) is 3.56. The lowest BCUT2D eigenvalue weighted by Crippen LogP contribution is -2.56. The number of ether oxygens (including phenoxy) is 1. The zero-order chi connectivity index (χ0) is 14.1. The summed E-state index contributed by atoms with van der Waals surface area (Å²) in [5.41, 5.74) is 0. The van der Waals surface area contributed by atoms with Crippen LogP contribution < -0.4 is 0 Å². The van der Waals surface area contributed by atoms with E-state index in [1.54, 1.807) is 0 Å². The summed E-state index contributed by atoms with van der Waals surface area (Å²) in [5, 5.41) is 0. The molecule has 0 aromatic rings. The lowest BCUT2D eigenvalue weighted by molar-refractivity contribution is -0.383. The molecule has 100 valence electrons. The molecular formula is C7H3F9O. The van der Waals surface area contributed by atoms with Gasteiger partial charge in [-0.1, -0.05) is 6.58 Å². The van der Waals surface area contributed by atoms with Crippen molar-refractivity contribution in [2.45, 2.75) is 18.0 Å². The Hall–Kier alpha value is -1.35. The van der Waals surface area contributed by atoms with E-state index in [9.17, 15) is 39.5 Å². The summed E-state index contributed by atoms with van der Waals surface area (Å²) in [5.74, 6) is -11.4. The summed E-state index contributed by atoms with van der Waals surface area (Å²) in [6, 6.07) is -3.40. The molecule has 0 spiro atoms. The maximum Gasteiger partial charge on any atom is 0.467 e. The van der Waals surface area contributed by atoms with E-state index in [1.807, 2.05) is 0 Å². The Labute approximate surface area is 88.2 Å². The van der Waals surface area contributed by atoms with E-state index in [4.69, 9.17) is 0 Å². The highest BCUT2D eigenvalue weighted by molar-refractivity contribution is 5.05. The number of alkyl halides is 6. The molecule has 0 saturated heterocycles. The predicted molar refractivity (Wildman–Crippen MR) is 36.5 cm³/mol. The van der Waals surface area contributed by atoms with Crippen LogP contribution in [0.3, 0.4) is 0 Å². The molecule has 0 aromatic heterocycles. The number of rotatable bonds is 4. The molecule has 0 fully saturated rings. The number of hydrogen-bond acceptors (Lipinski definition) is 1. The van der Waals surface area contributed by atoms with Gasteiger partial charge in [0.1, 0.15) is 0 Å². The summed E-state index contributed by atoms with van der Waals surface area (Å²) in [6.07, 6.45) is -10.8. The quantitative estimate of drug-likeness (QED) is 0.426. The first-order chi connectivity index (χ1) is 7.39. The lowest BCUT2D eigenvalue weighted by atomic mass is 10.1. The van der Waals surface area contributed by atoms with Crippen LogP contribution in [0.1, 0.15) is 0 Å². The largest absolute Gasteiger partial charge is 0.467 e. The molecule has 17 heavy (non-hydrogen) atoms. The second-order valence-electron chi connectivity index (χ2n) is 2.56. The number of halogens is 9. The molecule has 0 rings (SSSR count). The molecule has 0 radical (unpaired) electrons. The maximum absolute atomic E-state index is 12.9. The Morgan fingerprint density at radius 3 is 1.59 bits per heavy atom. The highest BCUT2D eigenvalue weighted by Crippen LogP contribution is 2.48. The zero-order valence-corrected chi connectivity index (χ0v) is 7.59.